The summed E-state index contributed by atoms with van der Waals surface area (Å²) in [4.78, 5) is 11.6. The van der Waals surface area contributed by atoms with Gasteiger partial charge in [-0.2, -0.15) is 8.78 Å². The largest absolute Gasteiger partial charge is 0.394 e. The van der Waals surface area contributed by atoms with Crippen LogP contribution in [0.3, 0.4) is 0 Å². The molecule has 1 saturated carbocycles. The number of carbonyl (C=O) groups is 1. The number of hydrogen-bond donors (Lipinski definition) is 3. The van der Waals surface area contributed by atoms with Crippen molar-refractivity contribution in [3.05, 3.63) is 0 Å². The molecule has 0 aliphatic heterocycles. The van der Waals surface area contributed by atoms with Crippen LogP contribution >= 0.6 is 0 Å². The van der Waals surface area contributed by atoms with Crippen molar-refractivity contribution in [2.24, 2.45) is 5.41 Å². The molecule has 0 aromatic rings. The van der Waals surface area contributed by atoms with Crippen LogP contribution in [0.5, 0.6) is 0 Å². The number of rotatable bonds is 5. The minimum atomic E-state index is -3.81. The standard InChI is InChI=1S/C13H23F2NO3/c1-11(2,3)7-9(8-17)16-10(18)13(14,15)12(19)5-4-6-12/h9,17,19H,4-8H2,1-3H3,(H,16,18). The van der Waals surface area contributed by atoms with Crippen LogP contribution in [0, 0.1) is 5.41 Å². The Kier molecular flexibility index (Phi) is 4.57. The molecule has 3 N–H and O–H groups in total. The van der Waals surface area contributed by atoms with Crippen molar-refractivity contribution in [2.75, 3.05) is 6.61 Å². The first-order valence-corrected chi connectivity index (χ1v) is 6.54. The lowest BCUT2D eigenvalue weighted by Crippen LogP contribution is -2.62. The molecule has 0 saturated heterocycles. The van der Waals surface area contributed by atoms with E-state index in [1.54, 1.807) is 0 Å². The summed E-state index contributed by atoms with van der Waals surface area (Å²) in [7, 11) is 0. The lowest BCUT2D eigenvalue weighted by Gasteiger charge is -2.42. The Morgan fingerprint density at radius 1 is 1.37 bits per heavy atom. The summed E-state index contributed by atoms with van der Waals surface area (Å²) in [5, 5.41) is 20.9. The van der Waals surface area contributed by atoms with Gasteiger partial charge in [0.05, 0.1) is 12.6 Å². The number of carbonyl (C=O) groups excluding carboxylic acids is 1. The molecule has 4 nitrogen and oxygen atoms in total. The van der Waals surface area contributed by atoms with E-state index in [4.69, 9.17) is 5.11 Å². The molecule has 1 aliphatic rings. The van der Waals surface area contributed by atoms with Gasteiger partial charge in [-0.3, -0.25) is 4.79 Å². The zero-order valence-electron chi connectivity index (χ0n) is 11.7. The van der Waals surface area contributed by atoms with Crippen molar-refractivity contribution < 1.29 is 23.8 Å². The number of halogens is 2. The van der Waals surface area contributed by atoms with Crippen LogP contribution in [0.2, 0.25) is 0 Å². The molecule has 0 aromatic heterocycles. The van der Waals surface area contributed by atoms with Crippen LogP contribution in [0.25, 0.3) is 0 Å². The minimum Gasteiger partial charge on any atom is -0.394 e. The van der Waals surface area contributed by atoms with Gasteiger partial charge in [-0.05, 0) is 31.1 Å². The minimum absolute atomic E-state index is 0.0729. The van der Waals surface area contributed by atoms with Crippen LogP contribution in [0.15, 0.2) is 0 Å². The normalized spacial score (nSPS) is 20.6. The molecule has 0 aromatic carbocycles. The molecule has 0 heterocycles. The summed E-state index contributed by atoms with van der Waals surface area (Å²) < 4.78 is 27.7. The van der Waals surface area contributed by atoms with E-state index in [1.807, 2.05) is 20.8 Å². The van der Waals surface area contributed by atoms with Crippen molar-refractivity contribution >= 4 is 5.91 Å². The van der Waals surface area contributed by atoms with Crippen molar-refractivity contribution in [3.8, 4) is 0 Å². The van der Waals surface area contributed by atoms with Crippen LogP contribution in [-0.2, 0) is 4.79 Å². The monoisotopic (exact) mass is 279 g/mol. The van der Waals surface area contributed by atoms with Crippen molar-refractivity contribution in [2.45, 2.75) is 64.0 Å². The maximum absolute atomic E-state index is 13.8. The fourth-order valence-electron chi connectivity index (χ4n) is 2.21. The molecule has 1 rings (SSSR count). The summed E-state index contributed by atoms with van der Waals surface area (Å²) >= 11 is 0. The van der Waals surface area contributed by atoms with Gasteiger partial charge in [0.1, 0.15) is 5.60 Å². The molecule has 0 spiro atoms. The molecule has 1 unspecified atom stereocenters. The number of nitrogens with one attached hydrogen (secondary N) is 1. The Labute approximate surface area is 112 Å². The van der Waals surface area contributed by atoms with Gasteiger partial charge < -0.3 is 15.5 Å². The summed E-state index contributed by atoms with van der Waals surface area (Å²) in [5.74, 6) is -5.31. The highest BCUT2D eigenvalue weighted by atomic mass is 19.3. The van der Waals surface area contributed by atoms with E-state index in [9.17, 15) is 18.7 Å². The van der Waals surface area contributed by atoms with Crippen molar-refractivity contribution in [1.29, 1.82) is 0 Å². The number of aliphatic hydroxyl groups is 2. The number of amides is 1. The van der Waals surface area contributed by atoms with Gasteiger partial charge in [0, 0.05) is 0 Å². The zero-order valence-corrected chi connectivity index (χ0v) is 11.7. The Hall–Kier alpha value is -0.750. The molecule has 1 amide bonds. The molecule has 6 heteroatoms. The predicted octanol–water partition coefficient (Wildman–Crippen LogP) is 1.45. The van der Waals surface area contributed by atoms with E-state index in [2.05, 4.69) is 5.32 Å². The second kappa shape index (κ2) is 5.32. The predicted molar refractivity (Wildman–Crippen MR) is 66.8 cm³/mol. The summed E-state index contributed by atoms with van der Waals surface area (Å²) in [5.41, 5.74) is -2.43. The van der Waals surface area contributed by atoms with E-state index in [-0.39, 0.29) is 18.3 Å². The first-order chi connectivity index (χ1) is 8.52. The third-order valence-corrected chi connectivity index (χ3v) is 3.46. The highest BCUT2D eigenvalue weighted by Gasteiger charge is 2.61. The van der Waals surface area contributed by atoms with Gasteiger partial charge in [-0.25, -0.2) is 0 Å². The highest BCUT2D eigenvalue weighted by molar-refractivity contribution is 5.85. The fraction of sp³-hybridized carbons (Fsp3) is 0.923. The van der Waals surface area contributed by atoms with E-state index >= 15 is 0 Å². The van der Waals surface area contributed by atoms with Gasteiger partial charge in [0.2, 0.25) is 0 Å². The molecule has 1 fully saturated rings. The summed E-state index contributed by atoms with van der Waals surface area (Å²) in [6.07, 6.45) is 0.724. The molecule has 1 atom stereocenters. The second-order valence-electron chi connectivity index (χ2n) is 6.58. The second-order valence-corrected chi connectivity index (χ2v) is 6.58. The highest BCUT2D eigenvalue weighted by Crippen LogP contribution is 2.44. The summed E-state index contributed by atoms with van der Waals surface area (Å²) in [6.45, 7) is 5.26. The average molecular weight is 279 g/mol. The third-order valence-electron chi connectivity index (χ3n) is 3.46. The SMILES string of the molecule is CC(C)(C)CC(CO)NC(=O)C(F)(F)C1(O)CCC1. The lowest BCUT2D eigenvalue weighted by molar-refractivity contribution is -0.216. The van der Waals surface area contributed by atoms with Gasteiger partial charge >= 0.3 is 5.92 Å². The number of aliphatic hydroxyl groups excluding tert-OH is 1. The maximum Gasteiger partial charge on any atom is 0.352 e. The lowest BCUT2D eigenvalue weighted by atomic mass is 9.75. The first-order valence-electron chi connectivity index (χ1n) is 6.54. The van der Waals surface area contributed by atoms with Crippen molar-refractivity contribution in [1.82, 2.24) is 5.32 Å². The van der Waals surface area contributed by atoms with E-state index in [0.29, 0.717) is 12.8 Å². The van der Waals surface area contributed by atoms with E-state index in [1.165, 1.54) is 0 Å². The molecule has 19 heavy (non-hydrogen) atoms. The van der Waals surface area contributed by atoms with Gasteiger partial charge in [0.15, 0.2) is 0 Å². The first kappa shape index (κ1) is 16.3. The van der Waals surface area contributed by atoms with E-state index < -0.39 is 30.1 Å². The van der Waals surface area contributed by atoms with Crippen molar-refractivity contribution in [3.63, 3.8) is 0 Å². The van der Waals surface area contributed by atoms with Gasteiger partial charge in [-0.1, -0.05) is 20.8 Å². The van der Waals surface area contributed by atoms with Crippen LogP contribution in [0.4, 0.5) is 8.78 Å². The molecule has 1 aliphatic carbocycles. The molecular weight excluding hydrogens is 256 g/mol. The Bertz CT molecular complexity index is 335. The molecule has 0 bridgehead atoms. The topological polar surface area (TPSA) is 69.6 Å². The fourth-order valence-corrected chi connectivity index (χ4v) is 2.21. The average Bonchev–Trinajstić information content (AvgIpc) is 2.22. The molecule has 112 valence electrons. The Balaban J connectivity index is 2.67. The number of alkyl halides is 2. The third kappa shape index (κ3) is 3.63. The van der Waals surface area contributed by atoms with Crippen LogP contribution < -0.4 is 5.32 Å². The molecule has 0 radical (unpaired) electrons. The maximum atomic E-state index is 13.8. The Morgan fingerprint density at radius 2 is 1.89 bits per heavy atom. The Morgan fingerprint density at radius 3 is 2.21 bits per heavy atom. The molecular formula is C13H23F2NO3. The van der Waals surface area contributed by atoms with E-state index in [0.717, 1.165) is 0 Å². The number of hydrogen-bond acceptors (Lipinski definition) is 3. The smallest absolute Gasteiger partial charge is 0.352 e. The summed E-state index contributed by atoms with van der Waals surface area (Å²) in [6, 6.07) is -0.734. The van der Waals surface area contributed by atoms with Crippen LogP contribution in [-0.4, -0.2) is 40.3 Å². The zero-order chi connectivity index (χ0) is 14.9. The van der Waals surface area contributed by atoms with Crippen LogP contribution in [0.1, 0.15) is 46.5 Å². The quantitative estimate of drug-likeness (QED) is 0.713. The van der Waals surface area contributed by atoms with Gasteiger partial charge in [-0.15, -0.1) is 0 Å². The van der Waals surface area contributed by atoms with Gasteiger partial charge in [0.25, 0.3) is 5.91 Å².